The minimum absolute atomic E-state index is 0.0391. The molecule has 0 heterocycles. The molecule has 0 unspecified atom stereocenters. The van der Waals surface area contributed by atoms with Gasteiger partial charge in [-0.05, 0) is 12.5 Å². The lowest BCUT2D eigenvalue weighted by molar-refractivity contribution is -0.153. The van der Waals surface area contributed by atoms with Gasteiger partial charge in [-0.2, -0.15) is 0 Å². The Labute approximate surface area is 101 Å². The first-order chi connectivity index (χ1) is 8.13. The summed E-state index contributed by atoms with van der Waals surface area (Å²) in [5.74, 6) is -0.786. The summed E-state index contributed by atoms with van der Waals surface area (Å²) >= 11 is 0. The number of carbonyl (C=O) groups is 2. The molecule has 1 aromatic carbocycles. The third kappa shape index (κ3) is 4.68. The fraction of sp³-hybridized carbons (Fsp3) is 0.385. The second kappa shape index (κ2) is 6.68. The molecule has 17 heavy (non-hydrogen) atoms. The number of ether oxygens (including phenoxy) is 2. The standard InChI is InChI=1S/C13H16O4/c1-3-16-13(15)9-12(17-10(2)14)11-7-5-4-6-8-11/h4-8,12H,3,9H2,1-2H3/t12-/m0/s1. The van der Waals surface area contributed by atoms with Crippen LogP contribution in [-0.2, 0) is 19.1 Å². The molecule has 0 bridgehead atoms. The highest BCUT2D eigenvalue weighted by molar-refractivity contribution is 5.71. The van der Waals surface area contributed by atoms with E-state index >= 15 is 0 Å². The van der Waals surface area contributed by atoms with Crippen LogP contribution in [0, 0.1) is 0 Å². The SMILES string of the molecule is CCOC(=O)C[C@H](OC(C)=O)c1ccccc1. The minimum Gasteiger partial charge on any atom is -0.466 e. The van der Waals surface area contributed by atoms with E-state index in [9.17, 15) is 9.59 Å². The molecule has 4 heteroatoms. The van der Waals surface area contributed by atoms with Crippen LogP contribution in [0.3, 0.4) is 0 Å². The van der Waals surface area contributed by atoms with Gasteiger partial charge < -0.3 is 9.47 Å². The molecule has 0 amide bonds. The Morgan fingerprint density at radius 3 is 2.41 bits per heavy atom. The van der Waals surface area contributed by atoms with Gasteiger partial charge in [0.2, 0.25) is 0 Å². The van der Waals surface area contributed by atoms with Crippen molar-refractivity contribution in [3.63, 3.8) is 0 Å². The lowest BCUT2D eigenvalue weighted by atomic mass is 10.1. The van der Waals surface area contributed by atoms with Gasteiger partial charge in [0.05, 0.1) is 13.0 Å². The molecule has 0 spiro atoms. The number of carbonyl (C=O) groups excluding carboxylic acids is 2. The van der Waals surface area contributed by atoms with Crippen LogP contribution in [-0.4, -0.2) is 18.5 Å². The molecule has 92 valence electrons. The number of esters is 2. The molecule has 0 N–H and O–H groups in total. The first-order valence-corrected chi connectivity index (χ1v) is 5.51. The third-order valence-electron chi connectivity index (χ3n) is 2.14. The maximum absolute atomic E-state index is 11.4. The Kier molecular flexibility index (Phi) is 5.20. The molecule has 0 aromatic heterocycles. The van der Waals surface area contributed by atoms with Crippen molar-refractivity contribution >= 4 is 11.9 Å². The Balaban J connectivity index is 2.74. The average Bonchev–Trinajstić information content (AvgIpc) is 2.29. The zero-order chi connectivity index (χ0) is 12.7. The van der Waals surface area contributed by atoms with Crippen LogP contribution in [0.15, 0.2) is 30.3 Å². The van der Waals surface area contributed by atoms with E-state index in [4.69, 9.17) is 9.47 Å². The topological polar surface area (TPSA) is 52.6 Å². The average molecular weight is 236 g/mol. The summed E-state index contributed by atoms with van der Waals surface area (Å²) in [6, 6.07) is 9.15. The van der Waals surface area contributed by atoms with Crippen LogP contribution in [0.1, 0.15) is 31.9 Å². The van der Waals surface area contributed by atoms with Gasteiger partial charge in [0.15, 0.2) is 0 Å². The number of hydrogen-bond donors (Lipinski definition) is 0. The Hall–Kier alpha value is -1.84. The first-order valence-electron chi connectivity index (χ1n) is 5.51. The van der Waals surface area contributed by atoms with E-state index in [1.165, 1.54) is 6.92 Å². The van der Waals surface area contributed by atoms with E-state index < -0.39 is 12.1 Å². The van der Waals surface area contributed by atoms with Crippen LogP contribution in [0.4, 0.5) is 0 Å². The van der Waals surface area contributed by atoms with Gasteiger partial charge in [0, 0.05) is 6.92 Å². The lowest BCUT2D eigenvalue weighted by Gasteiger charge is -2.16. The maximum Gasteiger partial charge on any atom is 0.309 e. The van der Waals surface area contributed by atoms with E-state index in [0.29, 0.717) is 6.61 Å². The lowest BCUT2D eigenvalue weighted by Crippen LogP contribution is -2.15. The highest BCUT2D eigenvalue weighted by Crippen LogP contribution is 2.21. The van der Waals surface area contributed by atoms with Gasteiger partial charge >= 0.3 is 11.9 Å². The van der Waals surface area contributed by atoms with Crippen molar-refractivity contribution < 1.29 is 19.1 Å². The first kappa shape index (κ1) is 13.2. The number of hydrogen-bond acceptors (Lipinski definition) is 4. The van der Waals surface area contributed by atoms with E-state index in [1.54, 1.807) is 6.92 Å². The summed E-state index contributed by atoms with van der Waals surface area (Å²) in [5, 5.41) is 0. The van der Waals surface area contributed by atoms with Crippen molar-refractivity contribution in [1.82, 2.24) is 0 Å². The molecule has 0 fully saturated rings. The van der Waals surface area contributed by atoms with Gasteiger partial charge in [0.1, 0.15) is 6.10 Å². The summed E-state index contributed by atoms with van der Waals surface area (Å²) in [6.45, 7) is 3.38. The molecule has 1 rings (SSSR count). The van der Waals surface area contributed by atoms with Crippen molar-refractivity contribution in [3.8, 4) is 0 Å². The van der Waals surface area contributed by atoms with Gasteiger partial charge in [-0.25, -0.2) is 0 Å². The predicted molar refractivity (Wildman–Crippen MR) is 62.2 cm³/mol. The fourth-order valence-corrected chi connectivity index (χ4v) is 1.47. The normalized spacial score (nSPS) is 11.6. The highest BCUT2D eigenvalue weighted by atomic mass is 16.6. The summed E-state index contributed by atoms with van der Waals surface area (Å²) in [7, 11) is 0. The van der Waals surface area contributed by atoms with Crippen molar-refractivity contribution in [2.24, 2.45) is 0 Å². The molecule has 4 nitrogen and oxygen atoms in total. The number of benzene rings is 1. The van der Waals surface area contributed by atoms with Crippen molar-refractivity contribution in [3.05, 3.63) is 35.9 Å². The Morgan fingerprint density at radius 1 is 1.24 bits per heavy atom. The summed E-state index contributed by atoms with van der Waals surface area (Å²) in [5.41, 5.74) is 0.788. The minimum atomic E-state index is -0.576. The third-order valence-corrected chi connectivity index (χ3v) is 2.14. The van der Waals surface area contributed by atoms with Crippen LogP contribution < -0.4 is 0 Å². The number of rotatable bonds is 5. The summed E-state index contributed by atoms with van der Waals surface area (Å²) < 4.78 is 9.96. The molecule has 1 aromatic rings. The van der Waals surface area contributed by atoms with Gasteiger partial charge in [-0.1, -0.05) is 30.3 Å². The quantitative estimate of drug-likeness (QED) is 0.736. The van der Waals surface area contributed by atoms with Gasteiger partial charge in [-0.15, -0.1) is 0 Å². The van der Waals surface area contributed by atoms with Crippen molar-refractivity contribution in [2.45, 2.75) is 26.4 Å². The zero-order valence-corrected chi connectivity index (χ0v) is 10.0. The van der Waals surface area contributed by atoms with Gasteiger partial charge in [0.25, 0.3) is 0 Å². The molecule has 0 saturated carbocycles. The van der Waals surface area contributed by atoms with E-state index in [0.717, 1.165) is 5.56 Å². The summed E-state index contributed by atoms with van der Waals surface area (Å²) in [4.78, 5) is 22.4. The molecule has 0 saturated heterocycles. The van der Waals surface area contributed by atoms with Crippen LogP contribution in [0.5, 0.6) is 0 Å². The van der Waals surface area contributed by atoms with Crippen molar-refractivity contribution in [1.29, 1.82) is 0 Å². The monoisotopic (exact) mass is 236 g/mol. The van der Waals surface area contributed by atoms with E-state index in [1.807, 2.05) is 30.3 Å². The fourth-order valence-electron chi connectivity index (χ4n) is 1.47. The molecule has 0 radical (unpaired) electrons. The summed E-state index contributed by atoms with van der Waals surface area (Å²) in [6.07, 6.45) is -0.537. The van der Waals surface area contributed by atoms with E-state index in [2.05, 4.69) is 0 Å². The maximum atomic E-state index is 11.4. The van der Waals surface area contributed by atoms with Crippen LogP contribution >= 0.6 is 0 Å². The largest absolute Gasteiger partial charge is 0.466 e. The molecule has 0 aliphatic carbocycles. The second-order valence-electron chi connectivity index (χ2n) is 3.52. The molecule has 0 aliphatic heterocycles. The Morgan fingerprint density at radius 2 is 1.88 bits per heavy atom. The van der Waals surface area contributed by atoms with Crippen molar-refractivity contribution in [2.75, 3.05) is 6.61 Å². The highest BCUT2D eigenvalue weighted by Gasteiger charge is 2.19. The molecular weight excluding hydrogens is 220 g/mol. The molecule has 0 aliphatic rings. The molecular formula is C13H16O4. The zero-order valence-electron chi connectivity index (χ0n) is 10.0. The van der Waals surface area contributed by atoms with Gasteiger partial charge in [-0.3, -0.25) is 9.59 Å². The molecule has 1 atom stereocenters. The predicted octanol–water partition coefficient (Wildman–Crippen LogP) is 2.24. The van der Waals surface area contributed by atoms with E-state index in [-0.39, 0.29) is 12.4 Å². The second-order valence-corrected chi connectivity index (χ2v) is 3.52. The van der Waals surface area contributed by atoms with Crippen LogP contribution in [0.2, 0.25) is 0 Å². The smallest absolute Gasteiger partial charge is 0.309 e. The Bertz CT molecular complexity index is 372. The van der Waals surface area contributed by atoms with Crippen LogP contribution in [0.25, 0.3) is 0 Å².